The van der Waals surface area contributed by atoms with Crippen LogP contribution < -0.4 is 0 Å². The van der Waals surface area contributed by atoms with Gasteiger partial charge in [-0.1, -0.05) is 6.42 Å². The lowest BCUT2D eigenvalue weighted by molar-refractivity contribution is -0.134. The maximum absolute atomic E-state index is 8.67. The highest BCUT2D eigenvalue weighted by Crippen LogP contribution is 2.43. The number of nitrogens with zero attached hydrogens (tertiary/aromatic N) is 1. The van der Waals surface area contributed by atoms with Crippen LogP contribution in [0.1, 0.15) is 45.4 Å². The summed E-state index contributed by atoms with van der Waals surface area (Å²) < 4.78 is 11.5. The second-order valence-electron chi connectivity index (χ2n) is 4.85. The van der Waals surface area contributed by atoms with Crippen LogP contribution >= 0.6 is 0 Å². The van der Waals surface area contributed by atoms with Crippen molar-refractivity contribution in [1.29, 1.82) is 5.26 Å². The highest BCUT2D eigenvalue weighted by atomic mass is 16.7. The quantitative estimate of drug-likeness (QED) is 0.736. The normalized spacial score (nSPS) is 38.0. The molecule has 1 aliphatic carbocycles. The van der Waals surface area contributed by atoms with E-state index < -0.39 is 0 Å². The van der Waals surface area contributed by atoms with Gasteiger partial charge < -0.3 is 9.47 Å². The molecular formula is C13H21NO2. The Kier molecular flexibility index (Phi) is 4.20. The Bertz CT molecular complexity index is 261. The van der Waals surface area contributed by atoms with Crippen LogP contribution in [0.3, 0.4) is 0 Å². The first-order chi connectivity index (χ1) is 7.85. The van der Waals surface area contributed by atoms with Crippen LogP contribution in [0, 0.1) is 23.2 Å². The van der Waals surface area contributed by atoms with Crippen molar-refractivity contribution >= 4 is 0 Å². The third-order valence-electron chi connectivity index (χ3n) is 3.92. The molecule has 0 bridgehead atoms. The Morgan fingerprint density at radius 1 is 1.44 bits per heavy atom. The summed E-state index contributed by atoms with van der Waals surface area (Å²) in [6.07, 6.45) is 6.87. The first kappa shape index (κ1) is 11.9. The van der Waals surface area contributed by atoms with E-state index in [0.717, 1.165) is 19.4 Å². The molecule has 3 nitrogen and oxygen atoms in total. The van der Waals surface area contributed by atoms with Gasteiger partial charge in [-0.05, 0) is 38.0 Å². The molecular weight excluding hydrogens is 202 g/mol. The van der Waals surface area contributed by atoms with Gasteiger partial charge in [0.25, 0.3) is 0 Å². The van der Waals surface area contributed by atoms with Crippen molar-refractivity contribution in [2.45, 2.75) is 57.8 Å². The molecule has 2 fully saturated rings. The van der Waals surface area contributed by atoms with Crippen molar-refractivity contribution in [1.82, 2.24) is 0 Å². The van der Waals surface area contributed by atoms with E-state index in [1.807, 2.05) is 6.92 Å². The molecule has 0 aromatic heterocycles. The average Bonchev–Trinajstić information content (AvgIpc) is 2.69. The zero-order valence-electron chi connectivity index (χ0n) is 10.0. The van der Waals surface area contributed by atoms with Crippen LogP contribution in [0.25, 0.3) is 0 Å². The monoisotopic (exact) mass is 223 g/mol. The standard InChI is InChI=1S/C13H21NO2/c1-2-15-13-9-11-10(6-4-8-14)5-3-7-12(11)16-13/h10-13H,2-7,9H2,1H3. The van der Waals surface area contributed by atoms with Gasteiger partial charge in [-0.2, -0.15) is 5.26 Å². The number of ether oxygens (including phenoxy) is 2. The highest BCUT2D eigenvalue weighted by molar-refractivity contribution is 4.89. The first-order valence-electron chi connectivity index (χ1n) is 6.49. The van der Waals surface area contributed by atoms with Crippen LogP contribution in [0.5, 0.6) is 0 Å². The fourth-order valence-corrected chi connectivity index (χ4v) is 3.20. The number of fused-ring (bicyclic) bond motifs is 1. The molecule has 90 valence electrons. The van der Waals surface area contributed by atoms with Crippen LogP contribution in [0.15, 0.2) is 0 Å². The predicted octanol–water partition coefficient (Wildman–Crippen LogP) is 2.86. The third-order valence-corrected chi connectivity index (χ3v) is 3.92. The summed E-state index contributed by atoms with van der Waals surface area (Å²) in [6.45, 7) is 2.74. The molecule has 2 rings (SSSR count). The zero-order chi connectivity index (χ0) is 11.4. The molecule has 2 aliphatic rings. The molecule has 1 saturated carbocycles. The Hall–Kier alpha value is -0.590. The molecule has 1 aliphatic heterocycles. The molecule has 0 N–H and O–H groups in total. The van der Waals surface area contributed by atoms with Gasteiger partial charge in [-0.15, -0.1) is 0 Å². The van der Waals surface area contributed by atoms with E-state index >= 15 is 0 Å². The van der Waals surface area contributed by atoms with Gasteiger partial charge in [0.1, 0.15) is 0 Å². The molecule has 0 amide bonds. The van der Waals surface area contributed by atoms with E-state index in [1.165, 1.54) is 19.3 Å². The van der Waals surface area contributed by atoms with Gasteiger partial charge >= 0.3 is 0 Å². The maximum atomic E-state index is 8.67. The lowest BCUT2D eigenvalue weighted by Crippen LogP contribution is -2.28. The van der Waals surface area contributed by atoms with Gasteiger partial charge in [0.2, 0.25) is 0 Å². The Morgan fingerprint density at radius 2 is 2.31 bits per heavy atom. The summed E-state index contributed by atoms with van der Waals surface area (Å²) in [5.41, 5.74) is 0. The summed E-state index contributed by atoms with van der Waals surface area (Å²) >= 11 is 0. The number of rotatable bonds is 4. The van der Waals surface area contributed by atoms with E-state index in [4.69, 9.17) is 14.7 Å². The fraction of sp³-hybridized carbons (Fsp3) is 0.923. The van der Waals surface area contributed by atoms with Crippen molar-refractivity contribution in [3.8, 4) is 6.07 Å². The predicted molar refractivity (Wildman–Crippen MR) is 60.6 cm³/mol. The summed E-state index contributed by atoms with van der Waals surface area (Å²) in [5.74, 6) is 1.32. The topological polar surface area (TPSA) is 42.2 Å². The average molecular weight is 223 g/mol. The third kappa shape index (κ3) is 2.56. The molecule has 0 spiro atoms. The molecule has 0 radical (unpaired) electrons. The Balaban J connectivity index is 1.90. The lowest BCUT2D eigenvalue weighted by atomic mass is 9.75. The van der Waals surface area contributed by atoms with E-state index in [0.29, 0.717) is 24.4 Å². The van der Waals surface area contributed by atoms with Crippen molar-refractivity contribution in [3.63, 3.8) is 0 Å². The molecule has 3 heteroatoms. The maximum Gasteiger partial charge on any atom is 0.158 e. The molecule has 4 atom stereocenters. The minimum absolute atomic E-state index is 0.0164. The minimum atomic E-state index is 0.0164. The Labute approximate surface area is 97.7 Å². The summed E-state index contributed by atoms with van der Waals surface area (Å²) in [6, 6.07) is 2.26. The van der Waals surface area contributed by atoms with Crippen molar-refractivity contribution < 1.29 is 9.47 Å². The Morgan fingerprint density at radius 3 is 3.06 bits per heavy atom. The zero-order valence-corrected chi connectivity index (χ0v) is 10.0. The summed E-state index contributed by atoms with van der Waals surface area (Å²) in [7, 11) is 0. The number of hydrogen-bond donors (Lipinski definition) is 0. The van der Waals surface area contributed by atoms with Crippen LogP contribution in [-0.4, -0.2) is 19.0 Å². The first-order valence-corrected chi connectivity index (χ1v) is 6.49. The van der Waals surface area contributed by atoms with Gasteiger partial charge in [-0.3, -0.25) is 0 Å². The lowest BCUT2D eigenvalue weighted by Gasteiger charge is -2.31. The second kappa shape index (κ2) is 5.65. The van der Waals surface area contributed by atoms with Gasteiger partial charge in [-0.25, -0.2) is 0 Å². The smallest absolute Gasteiger partial charge is 0.158 e. The van der Waals surface area contributed by atoms with Crippen LogP contribution in [0.2, 0.25) is 0 Å². The van der Waals surface area contributed by atoms with E-state index in [1.54, 1.807) is 0 Å². The molecule has 0 aromatic rings. The van der Waals surface area contributed by atoms with Gasteiger partial charge in [0.15, 0.2) is 6.29 Å². The second-order valence-corrected chi connectivity index (χ2v) is 4.85. The fourth-order valence-electron chi connectivity index (χ4n) is 3.20. The van der Waals surface area contributed by atoms with Gasteiger partial charge in [0, 0.05) is 19.4 Å². The van der Waals surface area contributed by atoms with Crippen molar-refractivity contribution in [3.05, 3.63) is 0 Å². The van der Waals surface area contributed by atoms with E-state index in [9.17, 15) is 0 Å². The highest BCUT2D eigenvalue weighted by Gasteiger charge is 2.41. The number of nitriles is 1. The molecule has 4 unspecified atom stereocenters. The summed E-state index contributed by atoms with van der Waals surface area (Å²) in [4.78, 5) is 0. The van der Waals surface area contributed by atoms with Crippen molar-refractivity contribution in [2.75, 3.05) is 6.61 Å². The van der Waals surface area contributed by atoms with Gasteiger partial charge in [0.05, 0.1) is 12.2 Å². The van der Waals surface area contributed by atoms with E-state index in [-0.39, 0.29) is 6.29 Å². The van der Waals surface area contributed by atoms with Crippen molar-refractivity contribution in [2.24, 2.45) is 11.8 Å². The summed E-state index contributed by atoms with van der Waals surface area (Å²) in [5, 5.41) is 8.67. The van der Waals surface area contributed by atoms with Crippen LogP contribution in [0.4, 0.5) is 0 Å². The SMILES string of the molecule is CCOC1CC2C(CCC#N)CCCC2O1. The molecule has 1 saturated heterocycles. The van der Waals surface area contributed by atoms with E-state index in [2.05, 4.69) is 6.07 Å². The number of hydrogen-bond acceptors (Lipinski definition) is 3. The minimum Gasteiger partial charge on any atom is -0.353 e. The molecule has 0 aromatic carbocycles. The largest absolute Gasteiger partial charge is 0.353 e. The molecule has 16 heavy (non-hydrogen) atoms. The molecule has 1 heterocycles. The van der Waals surface area contributed by atoms with Crippen LogP contribution in [-0.2, 0) is 9.47 Å².